The van der Waals surface area contributed by atoms with E-state index >= 15 is 0 Å². The van der Waals surface area contributed by atoms with Crippen LogP contribution in [0.1, 0.15) is 27.8 Å². The zero-order valence-corrected chi connectivity index (χ0v) is 34.2. The van der Waals surface area contributed by atoms with Crippen molar-refractivity contribution in [2.75, 3.05) is 4.90 Å². The number of hydrogen-bond donors (Lipinski definition) is 0. The van der Waals surface area contributed by atoms with Gasteiger partial charge in [0.15, 0.2) is 0 Å². The molecule has 0 N–H and O–H groups in total. The predicted octanol–water partition coefficient (Wildman–Crippen LogP) is 16.4. The molecule has 0 saturated carbocycles. The van der Waals surface area contributed by atoms with Crippen LogP contribution in [0.5, 0.6) is 0 Å². The molecule has 12 rings (SSSR count). The van der Waals surface area contributed by atoms with Crippen LogP contribution in [-0.2, 0) is 5.41 Å². The van der Waals surface area contributed by atoms with Crippen LogP contribution in [0.2, 0.25) is 0 Å². The lowest BCUT2D eigenvalue weighted by molar-refractivity contribution is 0.802. The van der Waals surface area contributed by atoms with Crippen molar-refractivity contribution in [2.45, 2.75) is 5.41 Å². The van der Waals surface area contributed by atoms with Gasteiger partial charge in [0.1, 0.15) is 0 Å². The lowest BCUT2D eigenvalue weighted by Gasteiger charge is -2.34. The van der Waals surface area contributed by atoms with Crippen molar-refractivity contribution < 1.29 is 0 Å². The second-order valence-electron chi connectivity index (χ2n) is 16.4. The Morgan fingerprint density at radius 3 is 1.60 bits per heavy atom. The van der Waals surface area contributed by atoms with Crippen LogP contribution in [0.25, 0.3) is 71.3 Å². The third-order valence-corrected chi connectivity index (χ3v) is 13.4. The molecular weight excluding hydrogens is 747 g/mol. The Labute approximate surface area is 362 Å². The van der Waals surface area contributed by atoms with E-state index in [1.54, 1.807) is 0 Å². The Balaban J connectivity index is 1.29. The van der Waals surface area contributed by atoms with Gasteiger partial charge in [-0.05, 0) is 112 Å². The number of para-hydroxylation sites is 1. The fourth-order valence-corrected chi connectivity index (χ4v) is 11.0. The first kappa shape index (κ1) is 35.9. The maximum atomic E-state index is 4.22. The van der Waals surface area contributed by atoms with Crippen molar-refractivity contribution in [2.24, 2.45) is 0 Å². The van der Waals surface area contributed by atoms with E-state index in [4.69, 9.17) is 0 Å². The predicted molar refractivity (Wildman–Crippen MR) is 264 cm³/mol. The van der Waals surface area contributed by atoms with Gasteiger partial charge in [-0.2, -0.15) is 0 Å². The second kappa shape index (κ2) is 14.0. The number of hydrogen-bond acceptors (Lipinski definition) is 1. The molecule has 2 aliphatic rings. The monoisotopic (exact) mass is 787 g/mol. The van der Waals surface area contributed by atoms with Gasteiger partial charge in [-0.3, -0.25) is 0 Å². The summed E-state index contributed by atoms with van der Waals surface area (Å²) in [5.41, 5.74) is 17.6. The standard InChI is InChI=1S/C61H41N/c1-3-21-40(4-2)42-36-37-44(41-22-7-5-8-23-41)56(38-42)62(43-24-9-6-10-25-43)57-39-55-58(51-32-15-13-30-49(51)57)59-50-31-14-11-26-45(50)46-27-12-16-33-52(46)60(59)61(55)53-34-19-17-28-47(53)48-29-18-20-35-54(48)61/h3-39H,1-2H2/b40-21+. The van der Waals surface area contributed by atoms with E-state index in [9.17, 15) is 0 Å². The molecule has 1 nitrogen and oxygen atoms in total. The number of nitrogens with zero attached hydrogens (tertiary/aromatic N) is 1. The van der Waals surface area contributed by atoms with E-state index in [1.165, 1.54) is 76.8 Å². The molecule has 1 heteroatoms. The molecule has 0 bridgehead atoms. The molecule has 62 heavy (non-hydrogen) atoms. The normalized spacial score (nSPS) is 13.2. The summed E-state index contributed by atoms with van der Waals surface area (Å²) in [6.07, 6.45) is 5.80. The Kier molecular flexibility index (Phi) is 8.14. The van der Waals surface area contributed by atoms with Gasteiger partial charge in [-0.25, -0.2) is 0 Å². The highest BCUT2D eigenvalue weighted by Crippen LogP contribution is 2.67. The minimum Gasteiger partial charge on any atom is -0.309 e. The fraction of sp³-hybridized carbons (Fsp3) is 0.0164. The molecule has 10 aromatic carbocycles. The Hall–Kier alpha value is -8.00. The first-order valence-electron chi connectivity index (χ1n) is 21.4. The number of fused-ring (bicyclic) bond motifs is 17. The van der Waals surface area contributed by atoms with Gasteiger partial charge in [0.05, 0.1) is 16.8 Å². The zero-order chi connectivity index (χ0) is 41.4. The van der Waals surface area contributed by atoms with Gasteiger partial charge in [-0.15, -0.1) is 0 Å². The second-order valence-corrected chi connectivity index (χ2v) is 16.4. The van der Waals surface area contributed by atoms with Gasteiger partial charge in [-0.1, -0.05) is 213 Å². The molecule has 0 fully saturated rings. The van der Waals surface area contributed by atoms with E-state index in [0.29, 0.717) is 0 Å². The average molecular weight is 788 g/mol. The minimum absolute atomic E-state index is 0.602. The quantitative estimate of drug-likeness (QED) is 0.115. The van der Waals surface area contributed by atoms with Gasteiger partial charge in [0.25, 0.3) is 0 Å². The lowest BCUT2D eigenvalue weighted by atomic mass is 9.69. The minimum atomic E-state index is -0.602. The molecule has 0 amide bonds. The summed E-state index contributed by atoms with van der Waals surface area (Å²) in [4.78, 5) is 2.50. The number of allylic oxidation sites excluding steroid dienone is 4. The number of anilines is 3. The maximum Gasteiger partial charge on any atom is 0.0732 e. The van der Waals surface area contributed by atoms with E-state index in [0.717, 1.165) is 39.3 Å². The Bertz CT molecular complexity index is 3450. The van der Waals surface area contributed by atoms with Crippen LogP contribution in [-0.4, -0.2) is 0 Å². The number of benzene rings is 10. The Morgan fingerprint density at radius 2 is 0.952 bits per heavy atom. The summed E-state index contributed by atoms with van der Waals surface area (Å²) < 4.78 is 0. The van der Waals surface area contributed by atoms with Crippen LogP contribution in [0.15, 0.2) is 238 Å². The van der Waals surface area contributed by atoms with Crippen LogP contribution < -0.4 is 4.90 Å². The number of rotatable bonds is 7. The van der Waals surface area contributed by atoms with E-state index in [2.05, 4.69) is 224 Å². The van der Waals surface area contributed by atoms with Crippen molar-refractivity contribution >= 4 is 55.0 Å². The summed E-state index contributed by atoms with van der Waals surface area (Å²) in [6.45, 7) is 8.26. The average Bonchev–Trinajstić information content (AvgIpc) is 3.82. The molecule has 0 radical (unpaired) electrons. The van der Waals surface area contributed by atoms with Gasteiger partial charge >= 0.3 is 0 Å². The summed E-state index contributed by atoms with van der Waals surface area (Å²) in [7, 11) is 0. The maximum absolute atomic E-state index is 4.22. The summed E-state index contributed by atoms with van der Waals surface area (Å²) in [5.74, 6) is 0. The van der Waals surface area contributed by atoms with Crippen molar-refractivity contribution in [1.82, 2.24) is 0 Å². The molecule has 0 unspecified atom stereocenters. The van der Waals surface area contributed by atoms with Crippen molar-refractivity contribution in [3.8, 4) is 33.4 Å². The van der Waals surface area contributed by atoms with E-state index in [1.807, 2.05) is 18.2 Å². The molecule has 2 aliphatic carbocycles. The molecule has 10 aromatic rings. The molecule has 0 aromatic heterocycles. The summed E-state index contributed by atoms with van der Waals surface area (Å²) in [5, 5.41) is 7.55. The first-order valence-corrected chi connectivity index (χ1v) is 21.4. The SMILES string of the molecule is C=C/C=C(\C=C)c1ccc(-c2ccccc2)c(N(c2ccccc2)c2cc3c(c4ccccc24)-c2c(c4ccccc4c4ccccc24)C32c3ccccc3-c3ccccc32)c1. The van der Waals surface area contributed by atoms with E-state index in [-0.39, 0.29) is 0 Å². The third-order valence-electron chi connectivity index (χ3n) is 13.4. The molecule has 1 spiro atoms. The molecule has 0 saturated heterocycles. The van der Waals surface area contributed by atoms with Crippen LogP contribution in [0, 0.1) is 0 Å². The molecular formula is C61H41N. The largest absolute Gasteiger partial charge is 0.309 e. The molecule has 0 aliphatic heterocycles. The molecule has 0 heterocycles. The van der Waals surface area contributed by atoms with Crippen molar-refractivity contribution in [1.29, 1.82) is 0 Å². The summed E-state index contributed by atoms with van der Waals surface area (Å²) in [6, 6.07) is 76.6. The lowest BCUT2D eigenvalue weighted by Crippen LogP contribution is -2.26. The highest BCUT2D eigenvalue weighted by Gasteiger charge is 2.54. The van der Waals surface area contributed by atoms with Gasteiger partial charge in [0, 0.05) is 16.6 Å². The highest BCUT2D eigenvalue weighted by molar-refractivity contribution is 6.24. The fourth-order valence-electron chi connectivity index (χ4n) is 11.0. The molecule has 0 atom stereocenters. The van der Waals surface area contributed by atoms with Crippen LogP contribution >= 0.6 is 0 Å². The van der Waals surface area contributed by atoms with Gasteiger partial charge in [0.2, 0.25) is 0 Å². The van der Waals surface area contributed by atoms with Crippen LogP contribution in [0.3, 0.4) is 0 Å². The highest BCUT2D eigenvalue weighted by atomic mass is 15.1. The smallest absolute Gasteiger partial charge is 0.0732 e. The topological polar surface area (TPSA) is 3.24 Å². The zero-order valence-electron chi connectivity index (χ0n) is 34.2. The van der Waals surface area contributed by atoms with Crippen molar-refractivity contribution in [3.63, 3.8) is 0 Å². The van der Waals surface area contributed by atoms with Crippen molar-refractivity contribution in [3.05, 3.63) is 265 Å². The summed E-state index contributed by atoms with van der Waals surface area (Å²) >= 11 is 0. The Morgan fingerprint density at radius 1 is 0.419 bits per heavy atom. The third kappa shape index (κ3) is 4.97. The van der Waals surface area contributed by atoms with Crippen LogP contribution in [0.4, 0.5) is 17.1 Å². The first-order chi connectivity index (χ1) is 30.7. The van der Waals surface area contributed by atoms with E-state index < -0.39 is 5.41 Å². The molecule has 290 valence electrons. The van der Waals surface area contributed by atoms with Gasteiger partial charge < -0.3 is 4.90 Å².